The van der Waals surface area contributed by atoms with Crippen LogP contribution >= 0.6 is 0 Å². The van der Waals surface area contributed by atoms with Crippen LogP contribution in [0, 0.1) is 12.8 Å². The number of amides is 1. The molecule has 2 aliphatic rings. The van der Waals surface area contributed by atoms with Crippen LogP contribution in [0.2, 0.25) is 0 Å². The van der Waals surface area contributed by atoms with E-state index in [-0.39, 0.29) is 12.0 Å². The second kappa shape index (κ2) is 10.3. The number of nitrogens with zero attached hydrogens (tertiary/aromatic N) is 5. The maximum Gasteiger partial charge on any atom is 0.236 e. The Labute approximate surface area is 184 Å². The summed E-state index contributed by atoms with van der Waals surface area (Å²) in [6.07, 6.45) is 5.78. The second-order valence-electron chi connectivity index (χ2n) is 8.69. The van der Waals surface area contributed by atoms with Gasteiger partial charge in [-0.05, 0) is 37.8 Å². The molecule has 0 aromatic carbocycles. The molecule has 2 aliphatic heterocycles. The maximum atomic E-state index is 13.2. The quantitative estimate of drug-likeness (QED) is 0.671. The first kappa shape index (κ1) is 21.9. The average molecular weight is 428 g/mol. The fourth-order valence-corrected chi connectivity index (χ4v) is 4.42. The third-order valence-corrected chi connectivity index (χ3v) is 6.12. The van der Waals surface area contributed by atoms with Crippen LogP contribution < -0.4 is 0 Å². The molecule has 168 valence electrons. The molecule has 2 fully saturated rings. The molecular weight excluding hydrogens is 394 g/mol. The van der Waals surface area contributed by atoms with E-state index in [0.717, 1.165) is 49.6 Å². The summed E-state index contributed by atoms with van der Waals surface area (Å²) in [5, 5.41) is 4.45. The zero-order chi connectivity index (χ0) is 21.6. The van der Waals surface area contributed by atoms with Gasteiger partial charge in [0.2, 0.25) is 5.91 Å². The van der Waals surface area contributed by atoms with Crippen molar-refractivity contribution in [3.63, 3.8) is 0 Å². The highest BCUT2D eigenvalue weighted by molar-refractivity contribution is 5.78. The van der Waals surface area contributed by atoms with Crippen LogP contribution in [-0.4, -0.2) is 76.0 Å². The molecule has 1 atom stereocenters. The summed E-state index contributed by atoms with van der Waals surface area (Å²) in [5.74, 6) is 0.679. The molecule has 0 bridgehead atoms. The van der Waals surface area contributed by atoms with Crippen molar-refractivity contribution in [3.8, 4) is 0 Å². The summed E-state index contributed by atoms with van der Waals surface area (Å²) in [4.78, 5) is 21.7. The van der Waals surface area contributed by atoms with E-state index in [9.17, 15) is 4.79 Å². The smallest absolute Gasteiger partial charge is 0.236 e. The molecule has 4 heterocycles. The maximum absolute atomic E-state index is 13.2. The van der Waals surface area contributed by atoms with Crippen molar-refractivity contribution in [2.75, 3.05) is 39.4 Å². The molecule has 0 N–H and O–H groups in total. The summed E-state index contributed by atoms with van der Waals surface area (Å²) in [5.41, 5.74) is 3.06. The van der Waals surface area contributed by atoms with Gasteiger partial charge in [-0.3, -0.25) is 19.4 Å². The predicted octanol–water partition coefficient (Wildman–Crippen LogP) is 1.78. The fourth-order valence-electron chi connectivity index (χ4n) is 4.42. The normalized spacial score (nSPS) is 21.4. The van der Waals surface area contributed by atoms with Gasteiger partial charge in [-0.25, -0.2) is 0 Å². The van der Waals surface area contributed by atoms with Crippen LogP contribution in [0.25, 0.3) is 0 Å². The van der Waals surface area contributed by atoms with Gasteiger partial charge < -0.3 is 14.4 Å². The van der Waals surface area contributed by atoms with Crippen LogP contribution in [0.15, 0.2) is 30.6 Å². The van der Waals surface area contributed by atoms with Crippen molar-refractivity contribution in [3.05, 3.63) is 47.5 Å². The molecule has 1 unspecified atom stereocenters. The van der Waals surface area contributed by atoms with Crippen molar-refractivity contribution in [2.45, 2.75) is 39.0 Å². The predicted molar refractivity (Wildman–Crippen MR) is 116 cm³/mol. The van der Waals surface area contributed by atoms with E-state index >= 15 is 0 Å². The molecule has 0 aliphatic carbocycles. The van der Waals surface area contributed by atoms with Gasteiger partial charge in [0.25, 0.3) is 0 Å². The van der Waals surface area contributed by atoms with Gasteiger partial charge in [-0.15, -0.1) is 0 Å². The van der Waals surface area contributed by atoms with E-state index in [2.05, 4.69) is 15.0 Å². The Morgan fingerprint density at radius 3 is 2.77 bits per heavy atom. The Bertz CT molecular complexity index is 850. The zero-order valence-corrected chi connectivity index (χ0v) is 18.6. The molecular formula is C23H33N5O3. The van der Waals surface area contributed by atoms with E-state index < -0.39 is 0 Å². The zero-order valence-electron chi connectivity index (χ0n) is 18.6. The Kier molecular flexibility index (Phi) is 7.32. The minimum atomic E-state index is -0.0646. The molecule has 2 saturated heterocycles. The standard InChI is InChI=1S/C23H33N5O3/c1-18-20(12-26(2)25-18)13-27-14-22(31-17-21-5-3-4-8-24-21)15-28(23(29)16-27)11-19-6-9-30-10-7-19/h3-5,8,12,19,22H,6-7,9-11,13-17H2,1-2H3. The Morgan fingerprint density at radius 1 is 1.23 bits per heavy atom. The monoisotopic (exact) mass is 427 g/mol. The van der Waals surface area contributed by atoms with Crippen molar-refractivity contribution < 1.29 is 14.3 Å². The van der Waals surface area contributed by atoms with E-state index in [4.69, 9.17) is 9.47 Å². The van der Waals surface area contributed by atoms with E-state index in [1.807, 2.05) is 47.9 Å². The second-order valence-corrected chi connectivity index (χ2v) is 8.69. The number of aryl methyl sites for hydroxylation is 2. The Morgan fingerprint density at radius 2 is 2.06 bits per heavy atom. The highest BCUT2D eigenvalue weighted by Crippen LogP contribution is 2.20. The third kappa shape index (κ3) is 6.12. The van der Waals surface area contributed by atoms with Gasteiger partial charge in [-0.1, -0.05) is 6.07 Å². The van der Waals surface area contributed by atoms with E-state index in [0.29, 0.717) is 38.7 Å². The number of hydrogen-bond donors (Lipinski definition) is 0. The minimum Gasteiger partial charge on any atom is -0.381 e. The average Bonchev–Trinajstić information content (AvgIpc) is 3.00. The summed E-state index contributed by atoms with van der Waals surface area (Å²) < 4.78 is 13.6. The van der Waals surface area contributed by atoms with Crippen molar-refractivity contribution in [1.29, 1.82) is 0 Å². The Hall–Kier alpha value is -2.29. The van der Waals surface area contributed by atoms with Crippen molar-refractivity contribution >= 4 is 5.91 Å². The summed E-state index contributed by atoms with van der Waals surface area (Å²) in [6.45, 7) is 7.25. The van der Waals surface area contributed by atoms with Crippen LogP contribution in [0.5, 0.6) is 0 Å². The first-order chi connectivity index (χ1) is 15.1. The van der Waals surface area contributed by atoms with Gasteiger partial charge in [0.15, 0.2) is 0 Å². The molecule has 0 radical (unpaired) electrons. The van der Waals surface area contributed by atoms with Gasteiger partial charge in [0, 0.05) is 64.4 Å². The summed E-state index contributed by atoms with van der Waals surface area (Å²) in [6, 6.07) is 5.84. The topological polar surface area (TPSA) is 72.7 Å². The van der Waals surface area contributed by atoms with Gasteiger partial charge >= 0.3 is 0 Å². The number of aromatic nitrogens is 3. The van der Waals surface area contributed by atoms with Crippen LogP contribution in [0.3, 0.4) is 0 Å². The third-order valence-electron chi connectivity index (χ3n) is 6.12. The lowest BCUT2D eigenvalue weighted by atomic mass is 9.99. The fraction of sp³-hybridized carbons (Fsp3) is 0.609. The molecule has 8 heteroatoms. The van der Waals surface area contributed by atoms with Crippen LogP contribution in [0.1, 0.15) is 29.8 Å². The van der Waals surface area contributed by atoms with E-state index in [1.165, 1.54) is 0 Å². The van der Waals surface area contributed by atoms with Crippen molar-refractivity contribution in [2.24, 2.45) is 13.0 Å². The van der Waals surface area contributed by atoms with Crippen LogP contribution in [0.4, 0.5) is 0 Å². The molecule has 2 aromatic rings. The molecule has 8 nitrogen and oxygen atoms in total. The lowest BCUT2D eigenvalue weighted by molar-refractivity contribution is -0.133. The molecule has 1 amide bonds. The van der Waals surface area contributed by atoms with Gasteiger partial charge in [-0.2, -0.15) is 5.10 Å². The number of carbonyl (C=O) groups excluding carboxylic acids is 1. The first-order valence-electron chi connectivity index (χ1n) is 11.2. The molecule has 2 aromatic heterocycles. The van der Waals surface area contributed by atoms with Gasteiger partial charge in [0.05, 0.1) is 30.6 Å². The number of carbonyl (C=O) groups is 1. The number of hydrogen-bond acceptors (Lipinski definition) is 6. The number of pyridine rings is 1. The first-order valence-corrected chi connectivity index (χ1v) is 11.2. The van der Waals surface area contributed by atoms with Crippen molar-refractivity contribution in [1.82, 2.24) is 24.6 Å². The largest absolute Gasteiger partial charge is 0.381 e. The highest BCUT2D eigenvalue weighted by atomic mass is 16.5. The lowest BCUT2D eigenvalue weighted by Gasteiger charge is -2.30. The molecule has 0 spiro atoms. The number of rotatable bonds is 7. The number of ether oxygens (including phenoxy) is 2. The van der Waals surface area contributed by atoms with Gasteiger partial charge in [0.1, 0.15) is 0 Å². The highest BCUT2D eigenvalue weighted by Gasteiger charge is 2.30. The molecule has 0 saturated carbocycles. The molecule has 4 rings (SSSR count). The van der Waals surface area contributed by atoms with Crippen LogP contribution in [-0.2, 0) is 34.5 Å². The Balaban J connectivity index is 1.45. The minimum absolute atomic E-state index is 0.0646. The van der Waals surface area contributed by atoms with E-state index in [1.54, 1.807) is 6.20 Å². The SMILES string of the molecule is Cc1nn(C)cc1CN1CC(=O)N(CC2CCOCC2)CC(OCc2ccccn2)C1. The summed E-state index contributed by atoms with van der Waals surface area (Å²) >= 11 is 0. The lowest BCUT2D eigenvalue weighted by Crippen LogP contribution is -2.42. The molecule has 31 heavy (non-hydrogen) atoms. The summed E-state index contributed by atoms with van der Waals surface area (Å²) in [7, 11) is 1.93.